The molecule has 0 aliphatic rings. The van der Waals surface area contributed by atoms with Crippen LogP contribution < -0.4 is 0 Å². The van der Waals surface area contributed by atoms with Crippen LogP contribution in [0.25, 0.3) is 54.6 Å². The Hall–Kier alpha value is -3.32. The van der Waals surface area contributed by atoms with Crippen LogP contribution in [0.15, 0.2) is 109 Å². The molecule has 0 unspecified atom stereocenters. The molecule has 0 fully saturated rings. The van der Waals surface area contributed by atoms with E-state index in [2.05, 4.69) is 97.1 Å². The fourth-order valence-corrected chi connectivity index (χ4v) is 5.34. The molecule has 6 rings (SSSR count). The molecule has 152 valence electrons. The van der Waals surface area contributed by atoms with E-state index in [9.17, 15) is 0 Å². The van der Waals surface area contributed by atoms with Crippen molar-refractivity contribution in [2.45, 2.75) is 0 Å². The highest BCUT2D eigenvalue weighted by atomic mass is 35.5. The predicted octanol–water partition coefficient (Wildman–Crippen LogP) is 9.79. The van der Waals surface area contributed by atoms with Gasteiger partial charge in [0, 0.05) is 10.9 Å². The Morgan fingerprint density at radius 3 is 1.38 bits per heavy atom. The molecule has 0 saturated carbocycles. The van der Waals surface area contributed by atoms with Gasteiger partial charge in [-0.3, -0.25) is 0 Å². The lowest BCUT2D eigenvalue weighted by atomic mass is 9.86. The van der Waals surface area contributed by atoms with Crippen LogP contribution in [-0.4, -0.2) is 0 Å². The number of hydrogen-bond donors (Lipinski definition) is 0. The van der Waals surface area contributed by atoms with E-state index in [0.717, 1.165) is 38.4 Å². The van der Waals surface area contributed by atoms with Crippen molar-refractivity contribution >= 4 is 55.5 Å². The zero-order valence-electron chi connectivity index (χ0n) is 17.1. The second-order valence-corrected chi connectivity index (χ2v) is 8.73. The lowest BCUT2D eigenvalue weighted by Gasteiger charge is -2.20. The highest BCUT2D eigenvalue weighted by Crippen LogP contribution is 2.49. The van der Waals surface area contributed by atoms with Gasteiger partial charge in [-0.1, -0.05) is 132 Å². The molecule has 0 heterocycles. The predicted molar refractivity (Wildman–Crippen MR) is 140 cm³/mol. The van der Waals surface area contributed by atoms with Crippen LogP contribution in [0.2, 0.25) is 10.0 Å². The average molecular weight is 449 g/mol. The SMILES string of the molecule is Clc1c(-c2cccc3ccccc23)c(-c2cccc3ccccc23)c2ccccc2c1Cl. The van der Waals surface area contributed by atoms with Crippen LogP contribution in [0.5, 0.6) is 0 Å². The zero-order chi connectivity index (χ0) is 21.7. The molecule has 0 spiro atoms. The quantitative estimate of drug-likeness (QED) is 0.247. The zero-order valence-corrected chi connectivity index (χ0v) is 18.7. The second-order valence-electron chi connectivity index (χ2n) is 7.98. The standard InChI is InChI=1S/C30H18Cl2/c31-29-26-16-6-5-15-25(26)27(23-17-7-11-19-9-1-3-13-21(19)23)28(30(29)32)24-18-8-12-20-10-2-4-14-22(20)24/h1-18H. The number of benzene rings is 6. The van der Waals surface area contributed by atoms with Gasteiger partial charge >= 0.3 is 0 Å². The molecule has 0 radical (unpaired) electrons. The molecule has 0 N–H and O–H groups in total. The third-order valence-electron chi connectivity index (χ3n) is 6.21. The summed E-state index contributed by atoms with van der Waals surface area (Å²) >= 11 is 14.0. The van der Waals surface area contributed by atoms with Crippen molar-refractivity contribution in [1.29, 1.82) is 0 Å². The summed E-state index contributed by atoms with van der Waals surface area (Å²) in [7, 11) is 0. The molecule has 0 aliphatic heterocycles. The van der Waals surface area contributed by atoms with E-state index in [4.69, 9.17) is 23.2 Å². The first-order chi connectivity index (χ1) is 15.7. The first-order valence-corrected chi connectivity index (χ1v) is 11.4. The maximum absolute atomic E-state index is 7.08. The molecule has 0 atom stereocenters. The van der Waals surface area contributed by atoms with Crippen LogP contribution in [-0.2, 0) is 0 Å². The van der Waals surface area contributed by atoms with E-state index in [1.807, 2.05) is 12.1 Å². The van der Waals surface area contributed by atoms with Crippen LogP contribution in [0.4, 0.5) is 0 Å². The molecular weight excluding hydrogens is 431 g/mol. The fraction of sp³-hybridized carbons (Fsp3) is 0. The van der Waals surface area contributed by atoms with Crippen molar-refractivity contribution in [3.05, 3.63) is 119 Å². The van der Waals surface area contributed by atoms with Gasteiger partial charge < -0.3 is 0 Å². The molecule has 0 bridgehead atoms. The summed E-state index contributed by atoms with van der Waals surface area (Å²) in [6.07, 6.45) is 0. The summed E-state index contributed by atoms with van der Waals surface area (Å²) in [5.74, 6) is 0. The van der Waals surface area contributed by atoms with Gasteiger partial charge in [0.15, 0.2) is 0 Å². The van der Waals surface area contributed by atoms with Gasteiger partial charge in [0.2, 0.25) is 0 Å². The monoisotopic (exact) mass is 448 g/mol. The van der Waals surface area contributed by atoms with Crippen LogP contribution in [0, 0.1) is 0 Å². The molecule has 0 saturated heterocycles. The van der Waals surface area contributed by atoms with Gasteiger partial charge in [0.25, 0.3) is 0 Å². The largest absolute Gasteiger partial charge is 0.0820 e. The Kier molecular flexibility index (Phi) is 4.64. The smallest absolute Gasteiger partial charge is 0.0683 e. The van der Waals surface area contributed by atoms with Crippen molar-refractivity contribution in [3.63, 3.8) is 0 Å². The van der Waals surface area contributed by atoms with Crippen LogP contribution in [0.3, 0.4) is 0 Å². The minimum Gasteiger partial charge on any atom is -0.0820 e. The Labute approximate surface area is 196 Å². The molecule has 2 heteroatoms. The van der Waals surface area contributed by atoms with E-state index in [1.54, 1.807) is 0 Å². The highest BCUT2D eigenvalue weighted by Gasteiger charge is 2.22. The molecule has 0 aliphatic carbocycles. The number of fused-ring (bicyclic) bond motifs is 3. The van der Waals surface area contributed by atoms with E-state index in [0.29, 0.717) is 10.0 Å². The van der Waals surface area contributed by atoms with Crippen LogP contribution >= 0.6 is 23.2 Å². The summed E-state index contributed by atoms with van der Waals surface area (Å²) in [4.78, 5) is 0. The van der Waals surface area contributed by atoms with E-state index >= 15 is 0 Å². The summed E-state index contributed by atoms with van der Waals surface area (Å²) in [5.41, 5.74) is 4.33. The van der Waals surface area contributed by atoms with Gasteiger partial charge in [0.1, 0.15) is 0 Å². The lowest BCUT2D eigenvalue weighted by molar-refractivity contribution is 1.65. The molecule has 6 aromatic rings. The Bertz CT molecular complexity index is 1640. The van der Waals surface area contributed by atoms with E-state index in [-0.39, 0.29) is 0 Å². The Balaban J connectivity index is 1.86. The summed E-state index contributed by atoms with van der Waals surface area (Å²) < 4.78 is 0. The number of hydrogen-bond acceptors (Lipinski definition) is 0. The normalized spacial score (nSPS) is 11.4. The van der Waals surface area contributed by atoms with Crippen molar-refractivity contribution < 1.29 is 0 Å². The topological polar surface area (TPSA) is 0 Å². The van der Waals surface area contributed by atoms with Gasteiger partial charge in [-0.15, -0.1) is 0 Å². The average Bonchev–Trinajstić information content (AvgIpc) is 2.85. The van der Waals surface area contributed by atoms with Gasteiger partial charge in [-0.25, -0.2) is 0 Å². The Morgan fingerprint density at radius 2 is 0.781 bits per heavy atom. The first-order valence-electron chi connectivity index (χ1n) is 10.6. The minimum atomic E-state index is 0.588. The summed E-state index contributed by atoms with van der Waals surface area (Å²) in [6.45, 7) is 0. The van der Waals surface area contributed by atoms with Crippen LogP contribution in [0.1, 0.15) is 0 Å². The molecule has 0 nitrogen and oxygen atoms in total. The molecule has 0 amide bonds. The third kappa shape index (κ3) is 2.92. The highest BCUT2D eigenvalue weighted by molar-refractivity contribution is 6.48. The second kappa shape index (κ2) is 7.67. The lowest BCUT2D eigenvalue weighted by Crippen LogP contribution is -1.93. The maximum Gasteiger partial charge on any atom is 0.0683 e. The van der Waals surface area contributed by atoms with Gasteiger partial charge in [-0.05, 0) is 43.6 Å². The van der Waals surface area contributed by atoms with E-state index < -0.39 is 0 Å². The third-order valence-corrected chi connectivity index (χ3v) is 7.08. The summed E-state index contributed by atoms with van der Waals surface area (Å²) in [6, 6.07) is 38.0. The van der Waals surface area contributed by atoms with Crippen molar-refractivity contribution in [2.75, 3.05) is 0 Å². The first kappa shape index (κ1) is 19.4. The van der Waals surface area contributed by atoms with Crippen molar-refractivity contribution in [1.82, 2.24) is 0 Å². The fourth-order valence-electron chi connectivity index (χ4n) is 4.78. The number of rotatable bonds is 2. The van der Waals surface area contributed by atoms with Gasteiger partial charge in [-0.2, -0.15) is 0 Å². The van der Waals surface area contributed by atoms with Gasteiger partial charge in [0.05, 0.1) is 10.0 Å². The van der Waals surface area contributed by atoms with Crippen molar-refractivity contribution in [2.24, 2.45) is 0 Å². The van der Waals surface area contributed by atoms with E-state index in [1.165, 1.54) is 16.2 Å². The molecular formula is C30H18Cl2. The Morgan fingerprint density at radius 1 is 0.344 bits per heavy atom. The summed E-state index contributed by atoms with van der Waals surface area (Å²) in [5, 5.41) is 7.97. The van der Waals surface area contributed by atoms with Crippen molar-refractivity contribution in [3.8, 4) is 22.3 Å². The number of halogens is 2. The molecule has 0 aromatic heterocycles. The molecule has 32 heavy (non-hydrogen) atoms. The maximum atomic E-state index is 7.08. The molecule has 6 aromatic carbocycles. The minimum absolute atomic E-state index is 0.588.